The van der Waals surface area contributed by atoms with Crippen LogP contribution in [0, 0.1) is 0 Å². The Kier molecular flexibility index (Phi) is 11.8. The number of unbranched alkanes of at least 4 members (excludes halogenated alkanes) is 11. The van der Waals surface area contributed by atoms with Gasteiger partial charge in [-0.25, -0.2) is 9.13 Å². The molecule has 0 fully saturated rings. The van der Waals surface area contributed by atoms with Gasteiger partial charge in [-0.05, 0) is 9.81 Å². The molecule has 1 rings (SSSR count). The minimum Gasteiger partial charge on any atom is -0.236 e. The first kappa shape index (κ1) is 31.5. The van der Waals surface area contributed by atoms with Crippen LogP contribution in [-0.4, -0.2) is 37.0 Å². The molecule has 0 spiro atoms. The number of halogens is 6. The fourth-order valence-electron chi connectivity index (χ4n) is 3.58. The summed E-state index contributed by atoms with van der Waals surface area (Å²) >= 11 is 0. The highest BCUT2D eigenvalue weighted by Gasteiger charge is 2.63. The van der Waals surface area contributed by atoms with Gasteiger partial charge in [0.2, 0.25) is 0 Å². The van der Waals surface area contributed by atoms with E-state index in [4.69, 9.17) is 0 Å². The summed E-state index contributed by atoms with van der Waals surface area (Å²) < 4.78 is 126. The van der Waals surface area contributed by atoms with E-state index < -0.39 is 40.1 Å². The topological polar surface area (TPSA) is 81.2 Å². The van der Waals surface area contributed by atoms with Crippen LogP contribution in [0.1, 0.15) is 84.0 Å². The lowest BCUT2D eigenvalue weighted by molar-refractivity contribution is -0.0488. The Balaban J connectivity index is 2.95. The van der Waals surface area contributed by atoms with E-state index >= 15 is 0 Å². The van der Waals surface area contributed by atoms with E-state index in [0.717, 1.165) is 56.1 Å². The Labute approximate surface area is 202 Å². The molecule has 0 aliphatic carbocycles. The molecule has 35 heavy (non-hydrogen) atoms. The minimum absolute atomic E-state index is 0.162. The van der Waals surface area contributed by atoms with Gasteiger partial charge in [-0.2, -0.15) is 43.2 Å². The minimum atomic E-state index is -6.92. The van der Waals surface area contributed by atoms with Gasteiger partial charge in [0.25, 0.3) is 0 Å². The summed E-state index contributed by atoms with van der Waals surface area (Å²) in [5.74, 6) is 0. The molecule has 7 nitrogen and oxygen atoms in total. The van der Waals surface area contributed by atoms with Crippen molar-refractivity contribution in [3.8, 4) is 0 Å². The predicted molar refractivity (Wildman–Crippen MR) is 120 cm³/mol. The number of hydrogen-bond donors (Lipinski definition) is 0. The molecule has 0 unspecified atom stereocenters. The third kappa shape index (κ3) is 8.53. The van der Waals surface area contributed by atoms with Gasteiger partial charge in [0, 0.05) is 0 Å². The highest BCUT2D eigenvalue weighted by molar-refractivity contribution is 8.05. The van der Waals surface area contributed by atoms with Crippen molar-refractivity contribution in [3.63, 3.8) is 0 Å². The van der Waals surface area contributed by atoms with Gasteiger partial charge in [-0.3, -0.25) is 0 Å². The van der Waals surface area contributed by atoms with Crippen molar-refractivity contribution >= 4 is 20.0 Å². The van der Waals surface area contributed by atoms with Crippen molar-refractivity contribution < 1.29 is 43.2 Å². The van der Waals surface area contributed by atoms with Crippen LogP contribution < -0.4 is 9.00 Å². The van der Waals surface area contributed by atoms with Crippen LogP contribution in [-0.2, 0) is 33.6 Å². The van der Waals surface area contributed by atoms with Crippen molar-refractivity contribution in [1.82, 2.24) is 12.5 Å². The summed E-state index contributed by atoms with van der Waals surface area (Å²) in [5.41, 5.74) is -13.8. The van der Waals surface area contributed by atoms with Crippen LogP contribution in [0.3, 0.4) is 0 Å². The Morgan fingerprint density at radius 1 is 0.686 bits per heavy atom. The summed E-state index contributed by atoms with van der Waals surface area (Å²) in [4.78, 5) is 0. The van der Waals surface area contributed by atoms with E-state index in [0.29, 0.717) is 17.4 Å². The maximum atomic E-state index is 13.1. The zero-order chi connectivity index (χ0) is 26.9. The molecule has 0 N–H and O–H groups in total. The number of nitrogens with zero attached hydrogens (tertiary/aromatic N) is 3. The number of imidazole rings is 1. The van der Waals surface area contributed by atoms with Gasteiger partial charge < -0.3 is 0 Å². The molecule has 1 aromatic rings. The highest BCUT2D eigenvalue weighted by atomic mass is 32.3. The smallest absolute Gasteiger partial charge is 0.236 e. The van der Waals surface area contributed by atoms with Crippen molar-refractivity contribution in [2.24, 2.45) is 7.05 Å². The Bertz CT molecular complexity index is 1030. The molecule has 0 saturated heterocycles. The third-order valence-electron chi connectivity index (χ3n) is 5.48. The quantitative estimate of drug-likeness (QED) is 0.172. The van der Waals surface area contributed by atoms with Crippen molar-refractivity contribution in [1.29, 1.82) is 0 Å². The maximum absolute atomic E-state index is 13.1. The molecule has 0 atom stereocenters. The van der Waals surface area contributed by atoms with Gasteiger partial charge in [-0.15, -0.1) is 0 Å². The fourth-order valence-corrected chi connectivity index (χ4v) is 6.39. The number of rotatable bonds is 15. The van der Waals surface area contributed by atoms with Crippen molar-refractivity contribution in [2.45, 2.75) is 102 Å². The van der Waals surface area contributed by atoms with Gasteiger partial charge in [0.15, 0.2) is 0 Å². The molecule has 1 heterocycles. The Hall–Kier alpha value is -1.51. The normalized spacial score (nSPS) is 13.4. The monoisotopic (exact) mass is 558 g/mol. The molecule has 1 aromatic heterocycles. The Morgan fingerprint density at radius 2 is 1.06 bits per heavy atom. The van der Waals surface area contributed by atoms with Gasteiger partial charge in [0.05, 0.1) is 26.0 Å². The number of hydrogen-bond acceptors (Lipinski definition) is 4. The third-order valence-corrected chi connectivity index (χ3v) is 9.03. The van der Waals surface area contributed by atoms with E-state index in [1.807, 2.05) is 0 Å². The van der Waals surface area contributed by atoms with Crippen LogP contribution in [0.2, 0.25) is 0 Å². The van der Waals surface area contributed by atoms with Gasteiger partial charge in [-0.1, -0.05) is 77.6 Å². The summed E-state index contributed by atoms with van der Waals surface area (Å²) in [7, 11) is -12.9. The molecule has 0 amide bonds. The van der Waals surface area contributed by atoms with Gasteiger partial charge >= 0.3 is 36.7 Å². The molecule has 0 saturated carbocycles. The van der Waals surface area contributed by atoms with Crippen LogP contribution in [0.5, 0.6) is 0 Å². The van der Waals surface area contributed by atoms with E-state index in [1.165, 1.54) is 32.1 Å². The van der Waals surface area contributed by atoms with Crippen LogP contribution >= 0.6 is 0 Å². The first-order valence-electron chi connectivity index (χ1n) is 11.6. The zero-order valence-electron chi connectivity index (χ0n) is 19.9. The maximum Gasteiger partial charge on any atom is 0.531 e. The lowest BCUT2D eigenvalue weighted by Crippen LogP contribution is -2.54. The van der Waals surface area contributed by atoms with E-state index in [9.17, 15) is 43.2 Å². The number of sulfonamides is 2. The average Bonchev–Trinajstić information content (AvgIpc) is 3.07. The lowest BCUT2D eigenvalue weighted by Gasteiger charge is -2.14. The molecular weight excluding hydrogens is 524 g/mol. The largest absolute Gasteiger partial charge is 0.531 e. The second-order valence-electron chi connectivity index (χ2n) is 8.39. The SMILES string of the molecule is CCCCCCCCCCCCCCn1ccn(C)c1=[N+](S(=O)(=O)C(F)(F)F)S(=O)(=O)C(F)(F)F. The van der Waals surface area contributed by atoms with Crippen LogP contribution in [0.25, 0.3) is 0 Å². The highest BCUT2D eigenvalue weighted by Crippen LogP contribution is 2.30. The van der Waals surface area contributed by atoms with Crippen LogP contribution in [0.4, 0.5) is 26.3 Å². The summed E-state index contributed by atoms with van der Waals surface area (Å²) in [6, 6.07) is 0. The van der Waals surface area contributed by atoms with Gasteiger partial charge in [0.1, 0.15) is 0 Å². The summed E-state index contributed by atoms with van der Waals surface area (Å²) in [5, 5.41) is 0. The zero-order valence-corrected chi connectivity index (χ0v) is 21.5. The number of alkyl halides is 6. The summed E-state index contributed by atoms with van der Waals surface area (Å²) in [6.07, 6.45) is 13.9. The average molecular weight is 559 g/mol. The summed E-state index contributed by atoms with van der Waals surface area (Å²) in [6.45, 7) is 1.99. The standard InChI is InChI=1S/C20H34F6N3O4S2/c1-3-4-5-6-7-8-9-10-11-12-13-14-15-28-17-16-27(2)18(28)29(34(30,31)19(21,22)23)35(32,33)20(24,25)26/h16-17H,3-15H2,1-2H3/q+1. The second-order valence-corrected chi connectivity index (χ2v) is 12.2. The van der Waals surface area contributed by atoms with E-state index in [1.54, 1.807) is 0 Å². The predicted octanol–water partition coefficient (Wildman–Crippen LogP) is 5.00. The van der Waals surface area contributed by atoms with Crippen LogP contribution in [0.15, 0.2) is 12.4 Å². The molecular formula is C20H34F6N3O4S2+. The molecule has 0 bridgehead atoms. The van der Waals surface area contributed by atoms with Crippen molar-refractivity contribution in [3.05, 3.63) is 18.0 Å². The van der Waals surface area contributed by atoms with Crippen molar-refractivity contribution in [2.75, 3.05) is 0 Å². The van der Waals surface area contributed by atoms with E-state index in [-0.39, 0.29) is 6.54 Å². The molecule has 0 radical (unpaired) electrons. The number of aryl methyl sites for hydroxylation is 2. The lowest BCUT2D eigenvalue weighted by atomic mass is 10.1. The second kappa shape index (κ2) is 13.2. The fraction of sp³-hybridized carbons (Fsp3) is 0.850. The first-order valence-corrected chi connectivity index (χ1v) is 14.4. The molecule has 15 heteroatoms. The molecule has 206 valence electrons. The first-order chi connectivity index (χ1) is 16.1. The number of aromatic nitrogens is 2. The Morgan fingerprint density at radius 3 is 1.43 bits per heavy atom. The molecule has 0 aliphatic rings. The van der Waals surface area contributed by atoms with E-state index in [2.05, 4.69) is 6.92 Å². The molecule has 0 aliphatic heterocycles. The molecule has 0 aromatic carbocycles.